The molecular formula is C16H16N2O7. The Kier molecular flexibility index (Phi) is 7.04. The minimum atomic E-state index is -1.16. The number of carboxylic acids is 1. The molecule has 9 nitrogen and oxygen atoms in total. The predicted molar refractivity (Wildman–Crippen MR) is 88.7 cm³/mol. The summed E-state index contributed by atoms with van der Waals surface area (Å²) in [7, 11) is 0. The van der Waals surface area contributed by atoms with Crippen LogP contribution in [0.5, 0.6) is 0 Å². The van der Waals surface area contributed by atoms with Gasteiger partial charge in [0, 0.05) is 17.3 Å². The van der Waals surface area contributed by atoms with E-state index >= 15 is 0 Å². The van der Waals surface area contributed by atoms with Crippen molar-refractivity contribution in [2.24, 2.45) is 0 Å². The van der Waals surface area contributed by atoms with Crippen LogP contribution >= 0.6 is 0 Å². The van der Waals surface area contributed by atoms with E-state index in [1.54, 1.807) is 0 Å². The molecule has 132 valence electrons. The molecule has 0 aliphatic heterocycles. The highest BCUT2D eigenvalue weighted by molar-refractivity contribution is 5.95. The Morgan fingerprint density at radius 2 is 1.96 bits per heavy atom. The second-order valence-electron chi connectivity index (χ2n) is 4.82. The van der Waals surface area contributed by atoms with Gasteiger partial charge in [-0.25, -0.2) is 4.79 Å². The predicted octanol–water partition coefficient (Wildman–Crippen LogP) is 1.86. The summed E-state index contributed by atoms with van der Waals surface area (Å²) in [4.78, 5) is 32.7. The van der Waals surface area contributed by atoms with Crippen LogP contribution in [0.2, 0.25) is 0 Å². The number of nitro groups is 1. The standard InChI is InChI=1S/C16H16N2O7/c1-10(18(24)25)5-6-11(14(20)9-19)8-15(21)17-13-4-2-3-12(7-13)16(22)23/h2-7,19-20H,1,8-9H2,(H,17,21)(H,22,23)/b6-5-,14-11-. The summed E-state index contributed by atoms with van der Waals surface area (Å²) in [5.74, 6) is -2.30. The summed E-state index contributed by atoms with van der Waals surface area (Å²) < 4.78 is 0. The summed E-state index contributed by atoms with van der Waals surface area (Å²) >= 11 is 0. The van der Waals surface area contributed by atoms with Gasteiger partial charge in [-0.15, -0.1) is 0 Å². The number of allylic oxidation sites excluding steroid dienone is 2. The monoisotopic (exact) mass is 348 g/mol. The van der Waals surface area contributed by atoms with Crippen molar-refractivity contribution >= 4 is 17.6 Å². The Bertz CT molecular complexity index is 766. The zero-order chi connectivity index (χ0) is 19.0. The van der Waals surface area contributed by atoms with E-state index in [9.17, 15) is 24.8 Å². The molecule has 0 radical (unpaired) electrons. The molecule has 0 unspecified atom stereocenters. The van der Waals surface area contributed by atoms with Crippen LogP contribution < -0.4 is 5.32 Å². The average Bonchev–Trinajstić information content (AvgIpc) is 2.57. The number of hydrogen-bond donors (Lipinski definition) is 4. The van der Waals surface area contributed by atoms with Crippen molar-refractivity contribution in [3.63, 3.8) is 0 Å². The van der Waals surface area contributed by atoms with Crippen LogP contribution in [0.4, 0.5) is 5.69 Å². The number of aliphatic hydroxyl groups is 2. The van der Waals surface area contributed by atoms with Crippen LogP contribution in [0.1, 0.15) is 16.8 Å². The van der Waals surface area contributed by atoms with Crippen molar-refractivity contribution in [1.82, 2.24) is 0 Å². The van der Waals surface area contributed by atoms with Gasteiger partial charge in [0.2, 0.25) is 5.91 Å². The minimum Gasteiger partial charge on any atom is -0.510 e. The number of aromatic carboxylic acids is 1. The van der Waals surface area contributed by atoms with Gasteiger partial charge in [-0.1, -0.05) is 6.07 Å². The molecule has 0 aromatic heterocycles. The van der Waals surface area contributed by atoms with Gasteiger partial charge in [0.1, 0.15) is 12.4 Å². The lowest BCUT2D eigenvalue weighted by Gasteiger charge is -2.08. The first-order chi connectivity index (χ1) is 11.7. The molecule has 0 fully saturated rings. The van der Waals surface area contributed by atoms with Crippen LogP contribution in [-0.4, -0.2) is 38.7 Å². The van der Waals surface area contributed by atoms with E-state index in [1.807, 2.05) is 0 Å². The van der Waals surface area contributed by atoms with Gasteiger partial charge in [-0.05, 0) is 30.9 Å². The lowest BCUT2D eigenvalue weighted by Crippen LogP contribution is -2.13. The lowest BCUT2D eigenvalue weighted by atomic mass is 10.1. The van der Waals surface area contributed by atoms with E-state index in [1.165, 1.54) is 24.3 Å². The van der Waals surface area contributed by atoms with Gasteiger partial charge in [-0.2, -0.15) is 0 Å². The lowest BCUT2D eigenvalue weighted by molar-refractivity contribution is -0.418. The van der Waals surface area contributed by atoms with Crippen LogP contribution in [-0.2, 0) is 4.79 Å². The van der Waals surface area contributed by atoms with Crippen LogP contribution in [0, 0.1) is 10.1 Å². The third-order valence-electron chi connectivity index (χ3n) is 2.98. The number of carboxylic acid groups (broad SMARTS) is 1. The highest BCUT2D eigenvalue weighted by Gasteiger charge is 2.11. The van der Waals surface area contributed by atoms with Crippen molar-refractivity contribution in [2.45, 2.75) is 6.42 Å². The normalized spacial score (nSPS) is 11.7. The first kappa shape index (κ1) is 19.6. The van der Waals surface area contributed by atoms with Crippen molar-refractivity contribution in [2.75, 3.05) is 11.9 Å². The Hall–Kier alpha value is -3.46. The van der Waals surface area contributed by atoms with Crippen molar-refractivity contribution in [1.29, 1.82) is 0 Å². The van der Waals surface area contributed by atoms with E-state index in [2.05, 4.69) is 11.9 Å². The van der Waals surface area contributed by atoms with Crippen LogP contribution in [0.25, 0.3) is 0 Å². The summed E-state index contributed by atoms with van der Waals surface area (Å²) in [5, 5.41) is 40.5. The van der Waals surface area contributed by atoms with Gasteiger partial charge in [0.15, 0.2) is 0 Å². The maximum Gasteiger partial charge on any atom is 0.335 e. The van der Waals surface area contributed by atoms with E-state index in [4.69, 9.17) is 10.2 Å². The molecule has 0 saturated heterocycles. The molecule has 1 aromatic carbocycles. The van der Waals surface area contributed by atoms with Crippen LogP contribution in [0.3, 0.4) is 0 Å². The van der Waals surface area contributed by atoms with Gasteiger partial charge in [0.25, 0.3) is 5.70 Å². The molecule has 0 aliphatic rings. The number of nitrogens with one attached hydrogen (secondary N) is 1. The maximum atomic E-state index is 12.0. The Morgan fingerprint density at radius 1 is 1.28 bits per heavy atom. The topological polar surface area (TPSA) is 150 Å². The fourth-order valence-electron chi connectivity index (χ4n) is 1.72. The van der Waals surface area contributed by atoms with Crippen molar-refractivity contribution < 1.29 is 29.8 Å². The van der Waals surface area contributed by atoms with E-state index < -0.39 is 41.3 Å². The average molecular weight is 348 g/mol. The molecule has 0 bridgehead atoms. The molecular weight excluding hydrogens is 332 g/mol. The Labute approximate surface area is 142 Å². The molecule has 0 spiro atoms. The number of carbonyl (C=O) groups is 2. The number of anilines is 1. The second kappa shape index (κ2) is 8.99. The van der Waals surface area contributed by atoms with Gasteiger partial charge in [0.05, 0.1) is 16.9 Å². The summed E-state index contributed by atoms with van der Waals surface area (Å²) in [6.07, 6.45) is 1.69. The SMILES string of the molecule is C=C(/C=C\C(CC(=O)Nc1cccc(C(=O)O)c1)=C(\O)CO)[N+](=O)[O-]. The quantitative estimate of drug-likeness (QED) is 0.242. The number of amides is 1. The molecule has 9 heteroatoms. The molecule has 4 N–H and O–H groups in total. The second-order valence-corrected chi connectivity index (χ2v) is 4.82. The fraction of sp³-hybridized carbons (Fsp3) is 0.125. The van der Waals surface area contributed by atoms with E-state index in [-0.39, 0.29) is 16.8 Å². The summed E-state index contributed by atoms with van der Waals surface area (Å²) in [6, 6.07) is 5.53. The molecule has 1 rings (SSSR count). The highest BCUT2D eigenvalue weighted by Crippen LogP contribution is 2.15. The van der Waals surface area contributed by atoms with Gasteiger partial charge < -0.3 is 20.6 Å². The summed E-state index contributed by atoms with van der Waals surface area (Å²) in [6.45, 7) is 2.42. The first-order valence-corrected chi connectivity index (χ1v) is 6.91. The van der Waals surface area contributed by atoms with Gasteiger partial charge in [-0.3, -0.25) is 14.9 Å². The Morgan fingerprint density at radius 3 is 2.52 bits per heavy atom. The van der Waals surface area contributed by atoms with E-state index in [0.717, 1.165) is 12.2 Å². The number of rotatable bonds is 8. The Balaban J connectivity index is 2.89. The van der Waals surface area contributed by atoms with Gasteiger partial charge >= 0.3 is 5.97 Å². The third-order valence-corrected chi connectivity index (χ3v) is 2.98. The molecule has 0 saturated carbocycles. The zero-order valence-electron chi connectivity index (χ0n) is 13.0. The summed E-state index contributed by atoms with van der Waals surface area (Å²) in [5.41, 5.74) is -0.296. The number of hydrogen-bond acceptors (Lipinski definition) is 6. The fourth-order valence-corrected chi connectivity index (χ4v) is 1.72. The molecule has 0 heterocycles. The minimum absolute atomic E-state index is 0.0195. The zero-order valence-corrected chi connectivity index (χ0v) is 13.0. The molecule has 1 aromatic rings. The first-order valence-electron chi connectivity index (χ1n) is 6.91. The smallest absolute Gasteiger partial charge is 0.335 e. The van der Waals surface area contributed by atoms with Crippen molar-refractivity contribution in [3.8, 4) is 0 Å². The number of nitrogens with zero attached hydrogens (tertiary/aromatic N) is 1. The number of aliphatic hydroxyl groups excluding tert-OH is 2. The third kappa shape index (κ3) is 6.28. The highest BCUT2D eigenvalue weighted by atomic mass is 16.6. The van der Waals surface area contributed by atoms with Crippen LogP contribution in [0.15, 0.2) is 60.0 Å². The largest absolute Gasteiger partial charge is 0.510 e. The molecule has 0 atom stereocenters. The number of carbonyl (C=O) groups excluding carboxylic acids is 1. The van der Waals surface area contributed by atoms with Crippen molar-refractivity contribution in [3.05, 3.63) is 75.7 Å². The molecule has 25 heavy (non-hydrogen) atoms. The molecule has 0 aliphatic carbocycles. The maximum absolute atomic E-state index is 12.0. The molecule has 1 amide bonds. The van der Waals surface area contributed by atoms with E-state index in [0.29, 0.717) is 0 Å². The number of benzene rings is 1.